The van der Waals surface area contributed by atoms with Gasteiger partial charge < -0.3 is 25.6 Å². The van der Waals surface area contributed by atoms with E-state index in [4.69, 9.17) is 4.74 Å². The van der Waals surface area contributed by atoms with Gasteiger partial charge in [0.25, 0.3) is 0 Å². The van der Waals surface area contributed by atoms with Gasteiger partial charge in [0.2, 0.25) is 0 Å². The van der Waals surface area contributed by atoms with E-state index in [1.54, 1.807) is 61.7 Å². The number of hydrogen-bond donors (Lipinski definition) is 4. The first-order valence-corrected chi connectivity index (χ1v) is 10.0. The lowest BCUT2D eigenvalue weighted by Gasteiger charge is -2.15. The normalized spacial score (nSPS) is 11.4. The van der Waals surface area contributed by atoms with Gasteiger partial charge in [-0.3, -0.25) is 0 Å². The molecule has 0 saturated carbocycles. The molecule has 3 aromatic rings. The predicted molar refractivity (Wildman–Crippen MR) is 117 cm³/mol. The van der Waals surface area contributed by atoms with E-state index in [1.807, 2.05) is 6.07 Å². The number of rotatable bonds is 8. The van der Waals surface area contributed by atoms with Gasteiger partial charge in [0.1, 0.15) is 16.7 Å². The molecule has 1 heterocycles. The van der Waals surface area contributed by atoms with Crippen LogP contribution in [0.25, 0.3) is 10.4 Å². The quantitative estimate of drug-likeness (QED) is 0.420. The maximum absolute atomic E-state index is 12.4. The Labute approximate surface area is 182 Å². The van der Waals surface area contributed by atoms with Crippen molar-refractivity contribution < 1.29 is 29.3 Å². The maximum atomic E-state index is 12.4. The number of benzene rings is 2. The Bertz CT molecular complexity index is 1080. The van der Waals surface area contributed by atoms with Gasteiger partial charge in [0, 0.05) is 11.3 Å². The summed E-state index contributed by atoms with van der Waals surface area (Å²) in [6, 6.07) is 15.5. The summed E-state index contributed by atoms with van der Waals surface area (Å²) in [6.07, 6.45) is 0.0934. The van der Waals surface area contributed by atoms with Crippen LogP contribution >= 0.6 is 11.3 Å². The number of hydrogen-bond acceptors (Lipinski definition) is 5. The molecule has 0 radical (unpaired) electrons. The van der Waals surface area contributed by atoms with Crippen LogP contribution in [0.2, 0.25) is 0 Å². The third-order valence-corrected chi connectivity index (χ3v) is 5.61. The summed E-state index contributed by atoms with van der Waals surface area (Å²) >= 11 is 1.00. The minimum Gasteiger partial charge on any atom is -0.497 e. The zero-order chi connectivity index (χ0) is 22.4. The molecule has 1 aromatic heterocycles. The number of anilines is 1. The minimum absolute atomic E-state index is 0.0593. The summed E-state index contributed by atoms with van der Waals surface area (Å²) in [5.41, 5.74) is 1.60. The fourth-order valence-corrected chi connectivity index (χ4v) is 3.86. The van der Waals surface area contributed by atoms with Crippen molar-refractivity contribution in [1.29, 1.82) is 0 Å². The molecule has 4 N–H and O–H groups in total. The highest BCUT2D eigenvalue weighted by Gasteiger charge is 2.23. The monoisotopic (exact) mass is 440 g/mol. The minimum atomic E-state index is -1.20. The molecule has 0 fully saturated rings. The van der Waals surface area contributed by atoms with Gasteiger partial charge in [-0.25, -0.2) is 14.4 Å². The van der Waals surface area contributed by atoms with Crippen LogP contribution < -0.4 is 15.4 Å². The molecule has 1 atom stereocenters. The first kappa shape index (κ1) is 21.8. The van der Waals surface area contributed by atoms with E-state index >= 15 is 0 Å². The van der Waals surface area contributed by atoms with Crippen molar-refractivity contribution >= 4 is 35.0 Å². The molecule has 31 heavy (non-hydrogen) atoms. The molecule has 9 heteroatoms. The van der Waals surface area contributed by atoms with E-state index in [9.17, 15) is 24.6 Å². The second kappa shape index (κ2) is 9.77. The highest BCUT2D eigenvalue weighted by atomic mass is 32.1. The summed E-state index contributed by atoms with van der Waals surface area (Å²) in [6.45, 7) is 0. The third-order valence-electron chi connectivity index (χ3n) is 4.44. The molecule has 2 amide bonds. The fourth-order valence-electron chi connectivity index (χ4n) is 2.91. The molecule has 2 aromatic carbocycles. The van der Waals surface area contributed by atoms with Crippen molar-refractivity contribution in [2.75, 3.05) is 12.4 Å². The van der Waals surface area contributed by atoms with Gasteiger partial charge >= 0.3 is 18.0 Å². The van der Waals surface area contributed by atoms with Gasteiger partial charge in [-0.2, -0.15) is 0 Å². The Morgan fingerprint density at radius 3 is 2.29 bits per heavy atom. The van der Waals surface area contributed by atoms with E-state index < -0.39 is 24.0 Å². The molecule has 3 rings (SSSR count). The van der Waals surface area contributed by atoms with Crippen LogP contribution in [0.15, 0.2) is 60.7 Å². The highest BCUT2D eigenvalue weighted by molar-refractivity contribution is 7.18. The van der Waals surface area contributed by atoms with Gasteiger partial charge in [0.15, 0.2) is 0 Å². The molecule has 0 aliphatic rings. The van der Waals surface area contributed by atoms with Crippen LogP contribution in [0, 0.1) is 0 Å². The standard InChI is InChI=1S/C22H20N2O6S/c1-30-15-9-7-14(8-10-15)18-12-16(19(31-18)21(27)28)23-22(29)24-17(20(25)26)11-13-5-3-2-4-6-13/h2-10,12,17H,11H2,1H3,(H,25,26)(H,27,28)(H2,23,24,29)/t17-/m0/s1. The highest BCUT2D eigenvalue weighted by Crippen LogP contribution is 2.35. The van der Waals surface area contributed by atoms with Crippen molar-refractivity contribution in [2.24, 2.45) is 0 Å². The Balaban J connectivity index is 1.76. The number of carbonyl (C=O) groups excluding carboxylic acids is 1. The van der Waals surface area contributed by atoms with Gasteiger partial charge in [0.05, 0.1) is 12.8 Å². The summed E-state index contributed by atoms with van der Waals surface area (Å²) in [4.78, 5) is 36.2. The average molecular weight is 440 g/mol. The molecule has 0 saturated heterocycles. The second-order valence-corrected chi connectivity index (χ2v) is 7.62. The largest absolute Gasteiger partial charge is 0.497 e. The lowest BCUT2D eigenvalue weighted by atomic mass is 10.1. The smallest absolute Gasteiger partial charge is 0.348 e. The summed E-state index contributed by atoms with van der Waals surface area (Å²) in [7, 11) is 1.55. The van der Waals surface area contributed by atoms with Crippen LogP contribution in [0.5, 0.6) is 5.75 Å². The number of carboxylic acids is 2. The van der Waals surface area contributed by atoms with E-state index in [1.165, 1.54) is 0 Å². The van der Waals surface area contributed by atoms with Gasteiger partial charge in [-0.15, -0.1) is 11.3 Å². The van der Waals surface area contributed by atoms with Crippen molar-refractivity contribution in [1.82, 2.24) is 5.32 Å². The Morgan fingerprint density at radius 1 is 1.03 bits per heavy atom. The Hall–Kier alpha value is -3.85. The fraction of sp³-hybridized carbons (Fsp3) is 0.136. The molecule has 160 valence electrons. The van der Waals surface area contributed by atoms with Crippen LogP contribution in [0.1, 0.15) is 15.2 Å². The number of aromatic carboxylic acids is 1. The number of ether oxygens (including phenoxy) is 1. The van der Waals surface area contributed by atoms with Crippen LogP contribution in [-0.2, 0) is 11.2 Å². The van der Waals surface area contributed by atoms with Gasteiger partial charge in [-0.05, 0) is 41.5 Å². The number of methoxy groups -OCH3 is 1. The third kappa shape index (κ3) is 5.61. The number of carboxylic acid groups (broad SMARTS) is 2. The van der Waals surface area contributed by atoms with Crippen molar-refractivity contribution in [2.45, 2.75) is 12.5 Å². The Morgan fingerprint density at radius 2 is 1.71 bits per heavy atom. The van der Waals surface area contributed by atoms with E-state index in [0.29, 0.717) is 10.6 Å². The van der Waals surface area contributed by atoms with Crippen LogP contribution in [-0.4, -0.2) is 41.3 Å². The molecule has 0 spiro atoms. The van der Waals surface area contributed by atoms with Crippen LogP contribution in [0.3, 0.4) is 0 Å². The average Bonchev–Trinajstić information content (AvgIpc) is 3.18. The van der Waals surface area contributed by atoms with E-state index in [0.717, 1.165) is 22.5 Å². The van der Waals surface area contributed by atoms with Crippen LogP contribution in [0.4, 0.5) is 10.5 Å². The lowest BCUT2D eigenvalue weighted by Crippen LogP contribution is -2.44. The maximum Gasteiger partial charge on any atom is 0.348 e. The molecule has 8 nitrogen and oxygen atoms in total. The van der Waals surface area contributed by atoms with E-state index in [-0.39, 0.29) is 17.0 Å². The number of thiophene rings is 1. The topological polar surface area (TPSA) is 125 Å². The zero-order valence-electron chi connectivity index (χ0n) is 16.5. The molecular weight excluding hydrogens is 420 g/mol. The zero-order valence-corrected chi connectivity index (χ0v) is 17.3. The first-order chi connectivity index (χ1) is 14.9. The SMILES string of the molecule is COc1ccc(-c2cc(NC(=O)N[C@@H](Cc3ccccc3)C(=O)O)c(C(=O)O)s2)cc1. The molecule has 0 unspecified atom stereocenters. The number of nitrogens with one attached hydrogen (secondary N) is 2. The molecular formula is C22H20N2O6S. The number of aliphatic carboxylic acids is 1. The molecule has 0 bridgehead atoms. The summed E-state index contributed by atoms with van der Waals surface area (Å²) in [5, 5.41) is 23.8. The molecule has 0 aliphatic carbocycles. The summed E-state index contributed by atoms with van der Waals surface area (Å²) < 4.78 is 5.12. The summed E-state index contributed by atoms with van der Waals surface area (Å²) in [5.74, 6) is -1.73. The molecule has 0 aliphatic heterocycles. The van der Waals surface area contributed by atoms with Gasteiger partial charge in [-0.1, -0.05) is 30.3 Å². The van der Waals surface area contributed by atoms with Crippen molar-refractivity contribution in [3.8, 4) is 16.2 Å². The lowest BCUT2D eigenvalue weighted by molar-refractivity contribution is -0.139. The predicted octanol–water partition coefficient (Wildman–Crippen LogP) is 3.94. The number of carbonyl (C=O) groups is 3. The van der Waals surface area contributed by atoms with Crippen molar-refractivity contribution in [3.63, 3.8) is 0 Å². The van der Waals surface area contributed by atoms with Crippen molar-refractivity contribution in [3.05, 3.63) is 71.1 Å². The Kier molecular flexibility index (Phi) is 6.88. The van der Waals surface area contributed by atoms with E-state index in [2.05, 4.69) is 10.6 Å². The number of amides is 2. The number of urea groups is 1. The second-order valence-electron chi connectivity index (χ2n) is 6.57. The first-order valence-electron chi connectivity index (χ1n) is 9.23.